The number of unbranched alkanes of at least 4 members (excludes halogenated alkanes) is 2. The average Bonchev–Trinajstić information content (AvgIpc) is 2.17. The monoisotopic (exact) mass is 245 g/mol. The van der Waals surface area contributed by atoms with Gasteiger partial charge in [-0.1, -0.05) is 38.0 Å². The van der Waals surface area contributed by atoms with Gasteiger partial charge in [0, 0.05) is 0 Å². The van der Waals surface area contributed by atoms with E-state index < -0.39 is 10.1 Å². The second-order valence-corrected chi connectivity index (χ2v) is 4.93. The van der Waals surface area contributed by atoms with Crippen LogP contribution in [0.2, 0.25) is 0 Å². The number of aryl methyl sites for hydroxylation is 1. The predicted octanol–water partition coefficient (Wildman–Crippen LogP) is 2.83. The Kier molecular flexibility index (Phi) is 6.25. The van der Waals surface area contributed by atoms with E-state index in [-0.39, 0.29) is 11.0 Å². The van der Waals surface area contributed by atoms with E-state index in [1.165, 1.54) is 6.07 Å². The lowest BCUT2D eigenvalue weighted by Crippen LogP contribution is -2.02. The van der Waals surface area contributed by atoms with E-state index in [1.54, 1.807) is 18.2 Å². The van der Waals surface area contributed by atoms with E-state index in [1.807, 2.05) is 0 Å². The van der Waals surface area contributed by atoms with Crippen LogP contribution in [0.3, 0.4) is 0 Å². The van der Waals surface area contributed by atoms with E-state index in [0.717, 1.165) is 19.3 Å². The first-order valence-electron chi connectivity index (χ1n) is 5.11. The summed E-state index contributed by atoms with van der Waals surface area (Å²) in [6.07, 6.45) is 3.81. The van der Waals surface area contributed by atoms with Crippen molar-refractivity contribution in [1.82, 2.24) is 6.15 Å². The molecule has 92 valence electrons. The fourth-order valence-electron chi connectivity index (χ4n) is 1.53. The van der Waals surface area contributed by atoms with Gasteiger partial charge in [-0.15, -0.1) is 0 Å². The van der Waals surface area contributed by atoms with E-state index in [9.17, 15) is 8.42 Å². The summed E-state index contributed by atoms with van der Waals surface area (Å²) in [6.45, 7) is 2.09. The molecule has 0 fully saturated rings. The Balaban J connectivity index is 0.00000225. The van der Waals surface area contributed by atoms with Gasteiger partial charge in [-0.3, -0.25) is 4.55 Å². The highest BCUT2D eigenvalue weighted by Crippen LogP contribution is 2.17. The Morgan fingerprint density at radius 1 is 1.19 bits per heavy atom. The quantitative estimate of drug-likeness (QED) is 0.616. The standard InChI is InChI=1S/C11H16O3S.H3N/c1-2-3-4-7-10-8-5-6-9-11(10)15(12,13)14;/h5-6,8-9H,2-4,7H2,1H3,(H,12,13,14);1H3. The zero-order valence-corrected chi connectivity index (χ0v) is 10.3. The van der Waals surface area contributed by atoms with Crippen LogP contribution >= 0.6 is 0 Å². The molecule has 0 radical (unpaired) electrons. The molecule has 0 unspecified atom stereocenters. The van der Waals surface area contributed by atoms with E-state index >= 15 is 0 Å². The smallest absolute Gasteiger partial charge is 0.294 e. The van der Waals surface area contributed by atoms with Gasteiger partial charge in [0.1, 0.15) is 0 Å². The molecular formula is C11H19NO3S. The molecule has 0 saturated carbocycles. The molecule has 0 heterocycles. The Hall–Kier alpha value is -0.910. The lowest BCUT2D eigenvalue weighted by Gasteiger charge is -2.05. The van der Waals surface area contributed by atoms with Gasteiger partial charge in [0.25, 0.3) is 10.1 Å². The zero-order valence-electron chi connectivity index (χ0n) is 9.52. The van der Waals surface area contributed by atoms with E-state index in [2.05, 4.69) is 6.92 Å². The molecule has 0 atom stereocenters. The SMILES string of the molecule is CCCCCc1ccccc1S(=O)(=O)O.N. The van der Waals surface area contributed by atoms with Crippen molar-refractivity contribution in [3.05, 3.63) is 29.8 Å². The van der Waals surface area contributed by atoms with Crippen LogP contribution < -0.4 is 6.15 Å². The maximum absolute atomic E-state index is 11.0. The van der Waals surface area contributed by atoms with Crippen LogP contribution in [-0.4, -0.2) is 13.0 Å². The number of benzene rings is 1. The molecule has 0 aromatic heterocycles. The largest absolute Gasteiger partial charge is 0.344 e. The number of hydrogen-bond acceptors (Lipinski definition) is 3. The van der Waals surface area contributed by atoms with Crippen molar-refractivity contribution in [3.8, 4) is 0 Å². The highest BCUT2D eigenvalue weighted by Gasteiger charge is 2.13. The van der Waals surface area contributed by atoms with Crippen LogP contribution in [0.1, 0.15) is 31.7 Å². The normalized spacial score (nSPS) is 10.9. The summed E-state index contributed by atoms with van der Waals surface area (Å²) in [5, 5.41) is 0. The first-order chi connectivity index (χ1) is 7.05. The molecule has 5 heteroatoms. The molecule has 1 aromatic carbocycles. The molecule has 0 amide bonds. The minimum atomic E-state index is -4.07. The van der Waals surface area contributed by atoms with Crippen LogP contribution in [0.25, 0.3) is 0 Å². The van der Waals surface area contributed by atoms with Crippen LogP contribution in [0.4, 0.5) is 0 Å². The highest BCUT2D eigenvalue weighted by atomic mass is 32.2. The fraction of sp³-hybridized carbons (Fsp3) is 0.455. The maximum atomic E-state index is 11.0. The molecule has 1 aromatic rings. The van der Waals surface area contributed by atoms with Gasteiger partial charge in [-0.2, -0.15) is 8.42 Å². The van der Waals surface area contributed by atoms with Gasteiger partial charge in [0.15, 0.2) is 0 Å². The second-order valence-electron chi connectivity index (χ2n) is 3.54. The molecule has 1 rings (SSSR count). The molecule has 0 aliphatic carbocycles. The lowest BCUT2D eigenvalue weighted by molar-refractivity contribution is 0.481. The first kappa shape index (κ1) is 15.1. The Bertz CT molecular complexity index is 415. The summed E-state index contributed by atoms with van der Waals surface area (Å²) in [4.78, 5) is 0.0427. The van der Waals surface area contributed by atoms with Crippen LogP contribution in [0, 0.1) is 0 Å². The molecule has 0 saturated heterocycles. The fourth-order valence-corrected chi connectivity index (χ4v) is 2.28. The zero-order chi connectivity index (χ0) is 11.3. The summed E-state index contributed by atoms with van der Waals surface area (Å²) < 4.78 is 31.1. The third-order valence-electron chi connectivity index (χ3n) is 2.30. The van der Waals surface area contributed by atoms with Gasteiger partial charge in [-0.25, -0.2) is 0 Å². The molecular weight excluding hydrogens is 226 g/mol. The Morgan fingerprint density at radius 2 is 1.81 bits per heavy atom. The van der Waals surface area contributed by atoms with Gasteiger partial charge < -0.3 is 6.15 Å². The molecule has 0 bridgehead atoms. The molecule has 4 nitrogen and oxygen atoms in total. The Labute approximate surface area is 97.0 Å². The second kappa shape index (κ2) is 6.62. The summed E-state index contributed by atoms with van der Waals surface area (Å²) in [6, 6.07) is 6.59. The van der Waals surface area contributed by atoms with Gasteiger partial charge in [0.2, 0.25) is 0 Å². The lowest BCUT2D eigenvalue weighted by atomic mass is 10.1. The highest BCUT2D eigenvalue weighted by molar-refractivity contribution is 7.85. The summed E-state index contributed by atoms with van der Waals surface area (Å²) >= 11 is 0. The maximum Gasteiger partial charge on any atom is 0.294 e. The molecule has 16 heavy (non-hydrogen) atoms. The minimum absolute atomic E-state index is 0. The average molecular weight is 245 g/mol. The molecule has 0 spiro atoms. The van der Waals surface area contributed by atoms with Gasteiger partial charge >= 0.3 is 0 Å². The van der Waals surface area contributed by atoms with E-state index in [4.69, 9.17) is 4.55 Å². The minimum Gasteiger partial charge on any atom is -0.344 e. The van der Waals surface area contributed by atoms with Crippen molar-refractivity contribution in [1.29, 1.82) is 0 Å². The number of rotatable bonds is 5. The van der Waals surface area contributed by atoms with Crippen molar-refractivity contribution >= 4 is 10.1 Å². The van der Waals surface area contributed by atoms with Crippen LogP contribution in [-0.2, 0) is 16.5 Å². The predicted molar refractivity (Wildman–Crippen MR) is 64.5 cm³/mol. The molecule has 0 aliphatic heterocycles. The third-order valence-corrected chi connectivity index (χ3v) is 3.25. The summed E-state index contributed by atoms with van der Waals surface area (Å²) in [5.41, 5.74) is 0.702. The van der Waals surface area contributed by atoms with Crippen LogP contribution in [0.15, 0.2) is 29.2 Å². The molecule has 0 aliphatic rings. The summed E-state index contributed by atoms with van der Waals surface area (Å²) in [5.74, 6) is 0. The van der Waals surface area contributed by atoms with Crippen molar-refractivity contribution in [2.75, 3.05) is 0 Å². The van der Waals surface area contributed by atoms with Crippen molar-refractivity contribution in [3.63, 3.8) is 0 Å². The van der Waals surface area contributed by atoms with Gasteiger partial charge in [0.05, 0.1) is 4.90 Å². The van der Waals surface area contributed by atoms with Crippen molar-refractivity contribution in [2.45, 2.75) is 37.5 Å². The van der Waals surface area contributed by atoms with E-state index in [0.29, 0.717) is 12.0 Å². The molecule has 4 N–H and O–H groups in total. The topological polar surface area (TPSA) is 89.4 Å². The first-order valence-corrected chi connectivity index (χ1v) is 6.55. The third kappa shape index (κ3) is 4.30. The van der Waals surface area contributed by atoms with Crippen molar-refractivity contribution < 1.29 is 13.0 Å². The Morgan fingerprint density at radius 3 is 2.38 bits per heavy atom. The summed E-state index contributed by atoms with van der Waals surface area (Å²) in [7, 11) is -4.07. The van der Waals surface area contributed by atoms with Gasteiger partial charge in [-0.05, 0) is 24.5 Å². The van der Waals surface area contributed by atoms with Crippen molar-refractivity contribution in [2.24, 2.45) is 0 Å². The number of hydrogen-bond donors (Lipinski definition) is 2. The van der Waals surface area contributed by atoms with Crippen LogP contribution in [0.5, 0.6) is 0 Å².